The molecule has 0 aromatic rings. The van der Waals surface area contributed by atoms with Crippen LogP contribution in [-0.2, 0) is 4.74 Å². The van der Waals surface area contributed by atoms with Gasteiger partial charge in [-0.2, -0.15) is 0 Å². The zero-order valence-corrected chi connectivity index (χ0v) is 8.28. The Balaban J connectivity index is 2.51. The number of rotatable bonds is 2. The summed E-state index contributed by atoms with van der Waals surface area (Å²) in [5.74, 6) is 0. The number of alkyl halides is 1. The predicted octanol–water partition coefficient (Wildman–Crippen LogP) is 2.73. The van der Waals surface area contributed by atoms with Gasteiger partial charge in [-0.1, -0.05) is 29.8 Å². The Labute approximate surface area is 71.3 Å². The third-order valence-corrected chi connectivity index (χ3v) is 3.04. The van der Waals surface area contributed by atoms with Gasteiger partial charge >= 0.3 is 0 Å². The molecule has 60 valence electrons. The lowest BCUT2D eigenvalue weighted by atomic mass is 9.94. The van der Waals surface area contributed by atoms with Crippen LogP contribution in [-0.4, -0.2) is 17.0 Å². The summed E-state index contributed by atoms with van der Waals surface area (Å²) in [5, 5.41) is 0. The smallest absolute Gasteiger partial charge is 0.0689 e. The van der Waals surface area contributed by atoms with Crippen molar-refractivity contribution in [2.75, 3.05) is 6.61 Å². The molecule has 0 radical (unpaired) electrons. The van der Waals surface area contributed by atoms with E-state index in [4.69, 9.17) is 4.74 Å². The maximum atomic E-state index is 5.70. The maximum Gasteiger partial charge on any atom is 0.0689 e. The maximum absolute atomic E-state index is 5.70. The Morgan fingerprint density at radius 2 is 2.10 bits per heavy atom. The van der Waals surface area contributed by atoms with E-state index in [9.17, 15) is 0 Å². The Kier molecular flexibility index (Phi) is 2.75. The van der Waals surface area contributed by atoms with E-state index in [-0.39, 0.29) is 5.60 Å². The number of halogens is 1. The molecule has 0 N–H and O–H groups in total. The molecule has 1 unspecified atom stereocenters. The molecular formula is C8H15BrO. The van der Waals surface area contributed by atoms with Crippen molar-refractivity contribution in [1.82, 2.24) is 0 Å². The van der Waals surface area contributed by atoms with E-state index >= 15 is 0 Å². The molecule has 0 aliphatic carbocycles. The van der Waals surface area contributed by atoms with Crippen LogP contribution in [0.1, 0.15) is 33.1 Å². The SMILES string of the molecule is CCC1(CC)CC(Br)CO1. The molecule has 1 nitrogen and oxygen atoms in total. The predicted molar refractivity (Wildman–Crippen MR) is 46.6 cm³/mol. The molecule has 1 fully saturated rings. The summed E-state index contributed by atoms with van der Waals surface area (Å²) in [5.41, 5.74) is 0.203. The van der Waals surface area contributed by atoms with Crippen LogP contribution < -0.4 is 0 Å². The monoisotopic (exact) mass is 206 g/mol. The minimum Gasteiger partial charge on any atom is -0.374 e. The van der Waals surface area contributed by atoms with Gasteiger partial charge < -0.3 is 4.74 Å². The average molecular weight is 207 g/mol. The molecule has 0 aromatic heterocycles. The van der Waals surface area contributed by atoms with Gasteiger partial charge in [0.05, 0.1) is 12.2 Å². The standard InChI is InChI=1S/C8H15BrO/c1-3-8(4-2)5-7(9)6-10-8/h7H,3-6H2,1-2H3. The summed E-state index contributed by atoms with van der Waals surface area (Å²) in [6.45, 7) is 5.30. The van der Waals surface area contributed by atoms with Crippen molar-refractivity contribution in [3.63, 3.8) is 0 Å². The highest BCUT2D eigenvalue weighted by molar-refractivity contribution is 9.09. The van der Waals surface area contributed by atoms with Gasteiger partial charge in [-0.15, -0.1) is 0 Å². The highest BCUT2D eigenvalue weighted by atomic mass is 79.9. The van der Waals surface area contributed by atoms with Gasteiger partial charge in [0.2, 0.25) is 0 Å². The van der Waals surface area contributed by atoms with Crippen LogP contribution in [0.2, 0.25) is 0 Å². The fourth-order valence-electron chi connectivity index (χ4n) is 1.53. The van der Waals surface area contributed by atoms with Crippen molar-refractivity contribution in [1.29, 1.82) is 0 Å². The molecule has 1 aliphatic heterocycles. The van der Waals surface area contributed by atoms with Gasteiger partial charge in [0, 0.05) is 4.83 Å². The molecule has 2 heteroatoms. The van der Waals surface area contributed by atoms with Gasteiger partial charge in [0.15, 0.2) is 0 Å². The van der Waals surface area contributed by atoms with E-state index in [1.807, 2.05) is 0 Å². The summed E-state index contributed by atoms with van der Waals surface area (Å²) >= 11 is 3.57. The molecule has 10 heavy (non-hydrogen) atoms. The third kappa shape index (κ3) is 1.54. The highest BCUT2D eigenvalue weighted by Crippen LogP contribution is 2.35. The van der Waals surface area contributed by atoms with Crippen LogP contribution in [0.25, 0.3) is 0 Å². The molecule has 0 bridgehead atoms. The fraction of sp³-hybridized carbons (Fsp3) is 1.00. The minimum absolute atomic E-state index is 0.203. The first-order valence-corrected chi connectivity index (χ1v) is 4.92. The van der Waals surface area contributed by atoms with E-state index in [1.165, 1.54) is 6.42 Å². The number of hydrogen-bond acceptors (Lipinski definition) is 1. The Morgan fingerprint density at radius 1 is 1.50 bits per heavy atom. The van der Waals surface area contributed by atoms with Crippen molar-refractivity contribution in [3.05, 3.63) is 0 Å². The van der Waals surface area contributed by atoms with Crippen molar-refractivity contribution < 1.29 is 4.74 Å². The summed E-state index contributed by atoms with van der Waals surface area (Å²) < 4.78 is 5.70. The second-order valence-corrected chi connectivity index (χ2v) is 4.30. The lowest BCUT2D eigenvalue weighted by Gasteiger charge is -2.24. The van der Waals surface area contributed by atoms with Gasteiger partial charge in [-0.25, -0.2) is 0 Å². The van der Waals surface area contributed by atoms with Gasteiger partial charge in [0.1, 0.15) is 0 Å². The van der Waals surface area contributed by atoms with Gasteiger partial charge in [-0.3, -0.25) is 0 Å². The Hall–Kier alpha value is 0.440. The molecule has 1 rings (SSSR count). The molecule has 1 aliphatic rings. The van der Waals surface area contributed by atoms with Crippen LogP contribution in [0, 0.1) is 0 Å². The minimum atomic E-state index is 0.203. The molecule has 0 amide bonds. The van der Waals surface area contributed by atoms with Crippen LogP contribution in [0.5, 0.6) is 0 Å². The quantitative estimate of drug-likeness (QED) is 0.632. The molecule has 1 saturated heterocycles. The molecule has 1 heterocycles. The van der Waals surface area contributed by atoms with Gasteiger partial charge in [-0.05, 0) is 19.3 Å². The van der Waals surface area contributed by atoms with E-state index in [0.717, 1.165) is 19.4 Å². The summed E-state index contributed by atoms with van der Waals surface area (Å²) in [4.78, 5) is 0.590. The first-order valence-electron chi connectivity index (χ1n) is 4.00. The zero-order chi connectivity index (χ0) is 7.61. The normalized spacial score (nSPS) is 30.9. The average Bonchev–Trinajstić information content (AvgIpc) is 2.33. The highest BCUT2D eigenvalue weighted by Gasteiger charge is 2.35. The van der Waals surface area contributed by atoms with Crippen molar-refractivity contribution in [2.45, 2.75) is 43.5 Å². The second-order valence-electron chi connectivity index (χ2n) is 3.00. The fourth-order valence-corrected chi connectivity index (χ4v) is 2.25. The largest absolute Gasteiger partial charge is 0.374 e. The van der Waals surface area contributed by atoms with E-state index in [2.05, 4.69) is 29.8 Å². The van der Waals surface area contributed by atoms with Crippen LogP contribution in [0.15, 0.2) is 0 Å². The topological polar surface area (TPSA) is 9.23 Å². The number of hydrogen-bond donors (Lipinski definition) is 0. The van der Waals surface area contributed by atoms with E-state index in [1.54, 1.807) is 0 Å². The van der Waals surface area contributed by atoms with Crippen molar-refractivity contribution >= 4 is 15.9 Å². The molecule has 0 spiro atoms. The first-order chi connectivity index (χ1) is 4.72. The Morgan fingerprint density at radius 3 is 2.30 bits per heavy atom. The molecule has 0 aromatic carbocycles. The van der Waals surface area contributed by atoms with E-state index < -0.39 is 0 Å². The molecular weight excluding hydrogens is 192 g/mol. The van der Waals surface area contributed by atoms with E-state index in [0.29, 0.717) is 4.83 Å². The summed E-state index contributed by atoms with van der Waals surface area (Å²) in [6.07, 6.45) is 3.47. The van der Waals surface area contributed by atoms with Crippen molar-refractivity contribution in [2.24, 2.45) is 0 Å². The third-order valence-electron chi connectivity index (χ3n) is 2.45. The first kappa shape index (κ1) is 8.54. The van der Waals surface area contributed by atoms with Gasteiger partial charge in [0.25, 0.3) is 0 Å². The summed E-state index contributed by atoms with van der Waals surface area (Å²) in [7, 11) is 0. The Bertz CT molecular complexity index is 110. The number of ether oxygens (including phenoxy) is 1. The van der Waals surface area contributed by atoms with Crippen LogP contribution in [0.4, 0.5) is 0 Å². The van der Waals surface area contributed by atoms with Crippen LogP contribution in [0.3, 0.4) is 0 Å². The van der Waals surface area contributed by atoms with Crippen molar-refractivity contribution in [3.8, 4) is 0 Å². The second kappa shape index (κ2) is 3.22. The summed E-state index contributed by atoms with van der Waals surface area (Å²) in [6, 6.07) is 0. The zero-order valence-electron chi connectivity index (χ0n) is 6.69. The lowest BCUT2D eigenvalue weighted by molar-refractivity contribution is -0.00179. The van der Waals surface area contributed by atoms with Crippen LogP contribution >= 0.6 is 15.9 Å². The lowest BCUT2D eigenvalue weighted by Crippen LogP contribution is -2.25. The molecule has 1 atom stereocenters. The molecule has 0 saturated carbocycles.